The number of aliphatic carboxylic acids is 1. The lowest BCUT2D eigenvalue weighted by atomic mass is 9.99. The fraction of sp³-hybridized carbons (Fsp3) is 0.500. The van der Waals surface area contributed by atoms with Crippen LogP contribution >= 0.6 is 0 Å². The molecule has 1 amide bonds. The zero-order valence-corrected chi connectivity index (χ0v) is 13.0. The number of ether oxygens (including phenoxy) is 1. The van der Waals surface area contributed by atoms with Gasteiger partial charge in [0, 0.05) is 12.0 Å². The van der Waals surface area contributed by atoms with Crippen molar-refractivity contribution < 1.29 is 19.4 Å². The molecule has 116 valence electrons. The molecule has 0 saturated carbocycles. The molecular formula is C16H23NO4. The molecule has 0 heterocycles. The molecule has 0 fully saturated rings. The molecule has 1 unspecified atom stereocenters. The molecule has 0 radical (unpaired) electrons. The number of amides is 1. The Balaban J connectivity index is 2.73. The fourth-order valence-electron chi connectivity index (χ4n) is 2.15. The maximum absolute atomic E-state index is 12.4. The van der Waals surface area contributed by atoms with Crippen LogP contribution < -0.4 is 4.74 Å². The Morgan fingerprint density at radius 3 is 2.19 bits per heavy atom. The van der Waals surface area contributed by atoms with Crippen LogP contribution in [0.25, 0.3) is 0 Å². The normalized spacial score (nSPS) is 12.0. The van der Waals surface area contributed by atoms with E-state index in [4.69, 9.17) is 9.84 Å². The second-order valence-corrected chi connectivity index (χ2v) is 5.41. The predicted molar refractivity (Wildman–Crippen MR) is 80.3 cm³/mol. The summed E-state index contributed by atoms with van der Waals surface area (Å²) in [5.74, 6) is -0.621. The van der Waals surface area contributed by atoms with Crippen molar-refractivity contribution in [2.24, 2.45) is 5.92 Å². The molecule has 0 saturated heterocycles. The van der Waals surface area contributed by atoms with E-state index in [1.54, 1.807) is 7.11 Å². The monoisotopic (exact) mass is 293 g/mol. The summed E-state index contributed by atoms with van der Waals surface area (Å²) in [5.41, 5.74) is 1.02. The average Bonchev–Trinajstić information content (AvgIpc) is 2.44. The number of methoxy groups -OCH3 is 1. The summed E-state index contributed by atoms with van der Waals surface area (Å²) >= 11 is 0. The van der Waals surface area contributed by atoms with Gasteiger partial charge in [0.2, 0.25) is 5.91 Å². The molecule has 1 aromatic rings. The second kappa shape index (κ2) is 7.67. The van der Waals surface area contributed by atoms with Crippen molar-refractivity contribution in [2.75, 3.05) is 13.7 Å². The Bertz CT molecular complexity index is 482. The van der Waals surface area contributed by atoms with Gasteiger partial charge in [-0.25, -0.2) is 0 Å². The first-order valence-corrected chi connectivity index (χ1v) is 7.00. The summed E-state index contributed by atoms with van der Waals surface area (Å²) in [4.78, 5) is 24.6. The number of carboxylic acid groups (broad SMARTS) is 1. The predicted octanol–water partition coefficient (Wildman–Crippen LogP) is 2.20. The van der Waals surface area contributed by atoms with E-state index in [-0.39, 0.29) is 24.4 Å². The molecule has 1 N–H and O–H groups in total. The molecule has 0 aliphatic carbocycles. The first kappa shape index (κ1) is 17.0. The van der Waals surface area contributed by atoms with Gasteiger partial charge in [-0.2, -0.15) is 0 Å². The highest BCUT2D eigenvalue weighted by atomic mass is 16.5. The van der Waals surface area contributed by atoms with Gasteiger partial charge in [0.25, 0.3) is 0 Å². The SMILES string of the molecule is COc1ccc(CC(C)C(=O)N(CC(=O)O)C(C)C)cc1. The summed E-state index contributed by atoms with van der Waals surface area (Å²) in [6.07, 6.45) is 0.575. The van der Waals surface area contributed by atoms with Gasteiger partial charge in [0.1, 0.15) is 12.3 Å². The number of carboxylic acids is 1. The van der Waals surface area contributed by atoms with Crippen LogP contribution in [0.4, 0.5) is 0 Å². The van der Waals surface area contributed by atoms with Crippen molar-refractivity contribution >= 4 is 11.9 Å². The lowest BCUT2D eigenvalue weighted by molar-refractivity contribution is -0.147. The highest BCUT2D eigenvalue weighted by Gasteiger charge is 2.24. The molecule has 1 rings (SSSR count). The third-order valence-corrected chi connectivity index (χ3v) is 3.33. The van der Waals surface area contributed by atoms with Gasteiger partial charge in [0.15, 0.2) is 0 Å². The highest BCUT2D eigenvalue weighted by molar-refractivity contribution is 5.83. The number of rotatable bonds is 7. The summed E-state index contributed by atoms with van der Waals surface area (Å²) in [7, 11) is 1.60. The largest absolute Gasteiger partial charge is 0.497 e. The van der Waals surface area contributed by atoms with E-state index in [0.717, 1.165) is 11.3 Å². The molecule has 0 bridgehead atoms. The van der Waals surface area contributed by atoms with Crippen molar-refractivity contribution in [3.63, 3.8) is 0 Å². The Morgan fingerprint density at radius 1 is 1.19 bits per heavy atom. The van der Waals surface area contributed by atoms with Gasteiger partial charge in [-0.05, 0) is 38.0 Å². The molecule has 5 heteroatoms. The Hall–Kier alpha value is -2.04. The molecule has 1 aromatic carbocycles. The lowest BCUT2D eigenvalue weighted by Gasteiger charge is -2.28. The van der Waals surface area contributed by atoms with E-state index in [0.29, 0.717) is 6.42 Å². The van der Waals surface area contributed by atoms with Crippen molar-refractivity contribution in [3.8, 4) is 5.75 Å². The maximum atomic E-state index is 12.4. The Kier molecular flexibility index (Phi) is 6.21. The van der Waals surface area contributed by atoms with Gasteiger partial charge in [0.05, 0.1) is 7.11 Å². The standard InChI is InChI=1S/C16H23NO4/c1-11(2)17(10-15(18)19)16(20)12(3)9-13-5-7-14(21-4)8-6-13/h5-8,11-12H,9-10H2,1-4H3,(H,18,19). The van der Waals surface area contributed by atoms with Crippen LogP contribution in [0.5, 0.6) is 5.75 Å². The Morgan fingerprint density at radius 2 is 1.76 bits per heavy atom. The molecule has 0 aromatic heterocycles. The Labute approximate surface area is 125 Å². The van der Waals surface area contributed by atoms with E-state index in [9.17, 15) is 9.59 Å². The molecule has 5 nitrogen and oxygen atoms in total. The number of nitrogens with zero attached hydrogens (tertiary/aromatic N) is 1. The summed E-state index contributed by atoms with van der Waals surface area (Å²) in [5, 5.41) is 8.90. The van der Waals surface area contributed by atoms with Crippen molar-refractivity contribution in [1.82, 2.24) is 4.90 Å². The zero-order valence-electron chi connectivity index (χ0n) is 13.0. The van der Waals surface area contributed by atoms with Gasteiger partial charge < -0.3 is 14.7 Å². The summed E-state index contributed by atoms with van der Waals surface area (Å²) in [6, 6.07) is 7.40. The van der Waals surface area contributed by atoms with Gasteiger partial charge in [-0.3, -0.25) is 9.59 Å². The van der Waals surface area contributed by atoms with E-state index in [1.165, 1.54) is 4.90 Å². The van der Waals surface area contributed by atoms with Crippen LogP contribution in [-0.4, -0.2) is 41.6 Å². The van der Waals surface area contributed by atoms with Crippen LogP contribution in [-0.2, 0) is 16.0 Å². The molecule has 0 aliphatic rings. The molecule has 0 spiro atoms. The topological polar surface area (TPSA) is 66.8 Å². The number of carbonyl (C=O) groups is 2. The number of benzene rings is 1. The quantitative estimate of drug-likeness (QED) is 0.837. The fourth-order valence-corrected chi connectivity index (χ4v) is 2.15. The van der Waals surface area contributed by atoms with Crippen LogP contribution in [0.1, 0.15) is 26.3 Å². The second-order valence-electron chi connectivity index (χ2n) is 5.41. The van der Waals surface area contributed by atoms with E-state index < -0.39 is 5.97 Å². The zero-order chi connectivity index (χ0) is 16.0. The number of carbonyl (C=O) groups excluding carboxylic acids is 1. The third kappa shape index (κ3) is 5.10. The molecular weight excluding hydrogens is 270 g/mol. The maximum Gasteiger partial charge on any atom is 0.323 e. The van der Waals surface area contributed by atoms with Crippen LogP contribution in [0, 0.1) is 5.92 Å². The molecule has 0 aliphatic heterocycles. The number of hydrogen-bond acceptors (Lipinski definition) is 3. The first-order valence-electron chi connectivity index (χ1n) is 7.00. The minimum atomic E-state index is -0.992. The highest BCUT2D eigenvalue weighted by Crippen LogP contribution is 2.16. The summed E-state index contributed by atoms with van der Waals surface area (Å²) in [6.45, 7) is 5.20. The first-order chi connectivity index (χ1) is 9.85. The molecule has 21 heavy (non-hydrogen) atoms. The van der Waals surface area contributed by atoms with Crippen LogP contribution in [0.3, 0.4) is 0 Å². The summed E-state index contributed by atoms with van der Waals surface area (Å²) < 4.78 is 5.09. The van der Waals surface area contributed by atoms with Gasteiger partial charge >= 0.3 is 5.97 Å². The van der Waals surface area contributed by atoms with E-state index in [2.05, 4.69) is 0 Å². The van der Waals surface area contributed by atoms with Gasteiger partial charge in [-0.15, -0.1) is 0 Å². The average molecular weight is 293 g/mol. The minimum Gasteiger partial charge on any atom is -0.497 e. The molecule has 1 atom stereocenters. The third-order valence-electron chi connectivity index (χ3n) is 3.33. The van der Waals surface area contributed by atoms with Crippen LogP contribution in [0.2, 0.25) is 0 Å². The van der Waals surface area contributed by atoms with Crippen molar-refractivity contribution in [3.05, 3.63) is 29.8 Å². The smallest absolute Gasteiger partial charge is 0.323 e. The van der Waals surface area contributed by atoms with Crippen LogP contribution in [0.15, 0.2) is 24.3 Å². The lowest BCUT2D eigenvalue weighted by Crippen LogP contribution is -2.43. The van der Waals surface area contributed by atoms with Crippen molar-refractivity contribution in [1.29, 1.82) is 0 Å². The van der Waals surface area contributed by atoms with E-state index >= 15 is 0 Å². The van der Waals surface area contributed by atoms with Crippen molar-refractivity contribution in [2.45, 2.75) is 33.2 Å². The van der Waals surface area contributed by atoms with Gasteiger partial charge in [-0.1, -0.05) is 19.1 Å². The number of hydrogen-bond donors (Lipinski definition) is 1. The van der Waals surface area contributed by atoms with E-state index in [1.807, 2.05) is 45.0 Å². The minimum absolute atomic E-state index is 0.132.